The molecule has 0 fully saturated rings. The molecule has 1 heterocycles. The first kappa shape index (κ1) is 11.0. The molecule has 4 nitrogen and oxygen atoms in total. The van der Waals surface area contributed by atoms with E-state index in [1.165, 1.54) is 0 Å². The van der Waals surface area contributed by atoms with Crippen molar-refractivity contribution < 1.29 is 4.74 Å². The number of benzene rings is 1. The number of halogens is 1. The standard InChI is InChI=1S/C11H12BrN3O/c1-15-9(10(12)14-11(15)13)7-3-5-8(16-2)6-4-7/h3-6H,1-2H3,(H2,13,14). The summed E-state index contributed by atoms with van der Waals surface area (Å²) in [5.74, 6) is 1.31. The van der Waals surface area contributed by atoms with E-state index in [0.29, 0.717) is 5.95 Å². The number of nitrogen functional groups attached to an aromatic ring is 1. The lowest BCUT2D eigenvalue weighted by atomic mass is 10.1. The van der Waals surface area contributed by atoms with Crippen molar-refractivity contribution in [1.29, 1.82) is 0 Å². The van der Waals surface area contributed by atoms with Gasteiger partial charge in [0.25, 0.3) is 0 Å². The Labute approximate surface area is 102 Å². The second kappa shape index (κ2) is 4.17. The van der Waals surface area contributed by atoms with Gasteiger partial charge in [-0.3, -0.25) is 0 Å². The Kier molecular flexibility index (Phi) is 2.87. The van der Waals surface area contributed by atoms with Gasteiger partial charge in [-0.15, -0.1) is 0 Å². The summed E-state index contributed by atoms with van der Waals surface area (Å²) in [7, 11) is 3.53. The van der Waals surface area contributed by atoms with Crippen molar-refractivity contribution in [2.24, 2.45) is 7.05 Å². The molecule has 0 saturated heterocycles. The molecule has 0 aliphatic rings. The van der Waals surface area contributed by atoms with Gasteiger partial charge >= 0.3 is 0 Å². The number of hydrogen-bond donors (Lipinski definition) is 1. The predicted molar refractivity (Wildman–Crippen MR) is 67.3 cm³/mol. The van der Waals surface area contributed by atoms with Crippen molar-refractivity contribution in [1.82, 2.24) is 9.55 Å². The summed E-state index contributed by atoms with van der Waals surface area (Å²) in [4.78, 5) is 4.16. The second-order valence-corrected chi connectivity index (χ2v) is 4.15. The topological polar surface area (TPSA) is 53.1 Å². The van der Waals surface area contributed by atoms with E-state index in [2.05, 4.69) is 20.9 Å². The Morgan fingerprint density at radius 2 is 1.94 bits per heavy atom. The fourth-order valence-electron chi connectivity index (χ4n) is 1.54. The van der Waals surface area contributed by atoms with Crippen molar-refractivity contribution in [3.63, 3.8) is 0 Å². The van der Waals surface area contributed by atoms with E-state index in [-0.39, 0.29) is 0 Å². The highest BCUT2D eigenvalue weighted by Crippen LogP contribution is 2.30. The Morgan fingerprint density at radius 1 is 1.31 bits per heavy atom. The quantitative estimate of drug-likeness (QED) is 0.920. The van der Waals surface area contributed by atoms with Crippen LogP contribution in [0.1, 0.15) is 0 Å². The number of nitrogens with zero attached hydrogens (tertiary/aromatic N) is 2. The number of nitrogens with two attached hydrogens (primary N) is 1. The molecule has 0 spiro atoms. The van der Waals surface area contributed by atoms with Crippen LogP contribution in [-0.2, 0) is 7.05 Å². The third-order valence-corrected chi connectivity index (χ3v) is 3.00. The van der Waals surface area contributed by atoms with Crippen LogP contribution in [0.3, 0.4) is 0 Å². The van der Waals surface area contributed by atoms with Gasteiger partial charge in [-0.1, -0.05) is 0 Å². The fraction of sp³-hybridized carbons (Fsp3) is 0.182. The average Bonchev–Trinajstić information content (AvgIpc) is 2.54. The zero-order chi connectivity index (χ0) is 11.7. The molecule has 5 heteroatoms. The largest absolute Gasteiger partial charge is 0.497 e. The van der Waals surface area contributed by atoms with E-state index in [0.717, 1.165) is 21.6 Å². The molecular formula is C11H12BrN3O. The van der Waals surface area contributed by atoms with E-state index < -0.39 is 0 Å². The van der Waals surface area contributed by atoms with Crippen molar-refractivity contribution in [3.05, 3.63) is 28.9 Å². The number of anilines is 1. The van der Waals surface area contributed by atoms with Gasteiger partial charge < -0.3 is 15.0 Å². The first-order valence-corrected chi connectivity index (χ1v) is 5.55. The molecule has 0 saturated carbocycles. The van der Waals surface area contributed by atoms with Crippen LogP contribution >= 0.6 is 15.9 Å². The van der Waals surface area contributed by atoms with Gasteiger partial charge in [-0.25, -0.2) is 4.98 Å². The lowest BCUT2D eigenvalue weighted by Crippen LogP contribution is -1.98. The van der Waals surface area contributed by atoms with Gasteiger partial charge in [0.2, 0.25) is 5.95 Å². The number of hydrogen-bond acceptors (Lipinski definition) is 3. The second-order valence-electron chi connectivity index (χ2n) is 3.40. The number of imidazole rings is 1. The normalized spacial score (nSPS) is 10.4. The molecule has 0 bridgehead atoms. The zero-order valence-electron chi connectivity index (χ0n) is 9.07. The van der Waals surface area contributed by atoms with Gasteiger partial charge in [-0.2, -0.15) is 0 Å². The van der Waals surface area contributed by atoms with Crippen LogP contribution in [0, 0.1) is 0 Å². The minimum Gasteiger partial charge on any atom is -0.497 e. The van der Waals surface area contributed by atoms with E-state index in [9.17, 15) is 0 Å². The Bertz CT molecular complexity index is 505. The first-order chi connectivity index (χ1) is 7.63. The van der Waals surface area contributed by atoms with Crippen LogP contribution in [0.4, 0.5) is 5.95 Å². The Morgan fingerprint density at radius 3 is 2.38 bits per heavy atom. The highest BCUT2D eigenvalue weighted by Gasteiger charge is 2.12. The van der Waals surface area contributed by atoms with E-state index >= 15 is 0 Å². The minimum atomic E-state index is 0.484. The lowest BCUT2D eigenvalue weighted by Gasteiger charge is -2.05. The molecular weight excluding hydrogens is 270 g/mol. The van der Waals surface area contributed by atoms with Crippen LogP contribution in [-0.4, -0.2) is 16.7 Å². The van der Waals surface area contributed by atoms with Gasteiger partial charge in [0.05, 0.1) is 12.8 Å². The molecule has 0 radical (unpaired) electrons. The van der Waals surface area contributed by atoms with Gasteiger partial charge in [0.15, 0.2) is 0 Å². The molecule has 84 valence electrons. The van der Waals surface area contributed by atoms with Crippen molar-refractivity contribution in [2.75, 3.05) is 12.8 Å². The van der Waals surface area contributed by atoms with Crippen LogP contribution in [0.15, 0.2) is 28.9 Å². The molecule has 2 aromatic rings. The number of ether oxygens (including phenoxy) is 1. The van der Waals surface area contributed by atoms with E-state index in [1.54, 1.807) is 7.11 Å². The average molecular weight is 282 g/mol. The maximum atomic E-state index is 5.73. The van der Waals surface area contributed by atoms with Crippen LogP contribution in [0.25, 0.3) is 11.3 Å². The van der Waals surface area contributed by atoms with Crippen LogP contribution < -0.4 is 10.5 Å². The summed E-state index contributed by atoms with van der Waals surface area (Å²) in [5, 5.41) is 0. The molecule has 0 aliphatic carbocycles. The van der Waals surface area contributed by atoms with Gasteiger partial charge in [-0.05, 0) is 40.2 Å². The first-order valence-electron chi connectivity index (χ1n) is 4.75. The summed E-state index contributed by atoms with van der Waals surface area (Å²) < 4.78 is 7.70. The third-order valence-electron chi connectivity index (χ3n) is 2.45. The molecule has 2 N–H and O–H groups in total. The predicted octanol–water partition coefficient (Wildman–Crippen LogP) is 2.44. The van der Waals surface area contributed by atoms with Crippen molar-refractivity contribution in [2.45, 2.75) is 0 Å². The fourth-order valence-corrected chi connectivity index (χ4v) is 2.22. The van der Waals surface area contributed by atoms with E-state index in [4.69, 9.17) is 10.5 Å². The highest BCUT2D eigenvalue weighted by atomic mass is 79.9. The van der Waals surface area contributed by atoms with Crippen molar-refractivity contribution in [3.8, 4) is 17.0 Å². The molecule has 2 rings (SSSR count). The molecule has 1 aromatic heterocycles. The number of rotatable bonds is 2. The van der Waals surface area contributed by atoms with Crippen molar-refractivity contribution >= 4 is 21.9 Å². The summed E-state index contributed by atoms with van der Waals surface area (Å²) in [6.45, 7) is 0. The summed E-state index contributed by atoms with van der Waals surface area (Å²) in [5.41, 5.74) is 7.73. The SMILES string of the molecule is COc1ccc(-c2c(Br)nc(N)n2C)cc1. The lowest BCUT2D eigenvalue weighted by molar-refractivity contribution is 0.415. The highest BCUT2D eigenvalue weighted by molar-refractivity contribution is 9.10. The van der Waals surface area contributed by atoms with Gasteiger partial charge in [0, 0.05) is 12.6 Å². The molecule has 0 amide bonds. The maximum Gasteiger partial charge on any atom is 0.201 e. The molecule has 0 atom stereocenters. The smallest absolute Gasteiger partial charge is 0.201 e. The monoisotopic (exact) mass is 281 g/mol. The van der Waals surface area contributed by atoms with Crippen LogP contribution in [0.5, 0.6) is 5.75 Å². The molecule has 0 aliphatic heterocycles. The summed E-state index contributed by atoms with van der Waals surface area (Å²) in [6, 6.07) is 7.76. The molecule has 1 aromatic carbocycles. The summed E-state index contributed by atoms with van der Waals surface area (Å²) in [6.07, 6.45) is 0. The Balaban J connectivity index is 2.50. The maximum absolute atomic E-state index is 5.73. The number of methoxy groups -OCH3 is 1. The zero-order valence-corrected chi connectivity index (χ0v) is 10.7. The molecule has 16 heavy (non-hydrogen) atoms. The van der Waals surface area contributed by atoms with Gasteiger partial charge in [0.1, 0.15) is 10.4 Å². The third kappa shape index (κ3) is 1.78. The molecule has 0 unspecified atom stereocenters. The number of aromatic nitrogens is 2. The van der Waals surface area contributed by atoms with E-state index in [1.807, 2.05) is 35.9 Å². The summed E-state index contributed by atoms with van der Waals surface area (Å²) >= 11 is 3.40. The Hall–Kier alpha value is -1.49. The van der Waals surface area contributed by atoms with Crippen LogP contribution in [0.2, 0.25) is 0 Å². The minimum absolute atomic E-state index is 0.484.